The van der Waals surface area contributed by atoms with Gasteiger partial charge in [-0.25, -0.2) is 0 Å². The molecule has 2 aromatic heterocycles. The quantitative estimate of drug-likeness (QED) is 0.659. The highest BCUT2D eigenvalue weighted by molar-refractivity contribution is 6.06. The molecule has 0 aliphatic carbocycles. The molecule has 5 nitrogen and oxygen atoms in total. The van der Waals surface area contributed by atoms with Gasteiger partial charge in [0.2, 0.25) is 0 Å². The van der Waals surface area contributed by atoms with Crippen molar-refractivity contribution in [3.05, 3.63) is 65.6 Å². The number of likely N-dealkylation sites (tertiary alicyclic amines) is 1. The molecule has 0 unspecified atom stereocenters. The topological polar surface area (TPSA) is 50.2 Å². The standard InChI is InChI=1S/C22H21F3N4O/c23-22(24,25)19-6-5-18-21(27-11-14-29(18)19)8-12-28(13-9-21)20(30)16-7-10-26-17-4-2-1-3-15(16)17/h1-7,10,27H,8-9,11-14H2. The number of benzene rings is 1. The molecular weight excluding hydrogens is 393 g/mol. The van der Waals surface area contributed by atoms with E-state index in [9.17, 15) is 18.0 Å². The maximum Gasteiger partial charge on any atom is 0.431 e. The molecule has 0 bridgehead atoms. The Morgan fingerprint density at radius 1 is 1.03 bits per heavy atom. The van der Waals surface area contributed by atoms with E-state index in [1.54, 1.807) is 23.2 Å². The number of nitrogens with zero attached hydrogens (tertiary/aromatic N) is 3. The Morgan fingerprint density at radius 2 is 1.80 bits per heavy atom. The van der Waals surface area contributed by atoms with Gasteiger partial charge in [-0.2, -0.15) is 13.2 Å². The lowest BCUT2D eigenvalue weighted by molar-refractivity contribution is -0.144. The van der Waals surface area contributed by atoms with E-state index in [1.165, 1.54) is 10.6 Å². The molecule has 8 heteroatoms. The van der Waals surface area contributed by atoms with Crippen LogP contribution in [0.3, 0.4) is 0 Å². The van der Waals surface area contributed by atoms with E-state index in [1.807, 2.05) is 24.3 Å². The zero-order valence-corrected chi connectivity index (χ0v) is 16.2. The third kappa shape index (κ3) is 2.98. The number of halogens is 3. The fourth-order valence-corrected chi connectivity index (χ4v) is 4.85. The molecule has 2 aliphatic heterocycles. The Balaban J connectivity index is 1.40. The van der Waals surface area contributed by atoms with Crippen molar-refractivity contribution < 1.29 is 18.0 Å². The lowest BCUT2D eigenvalue weighted by atomic mass is 9.83. The first-order valence-corrected chi connectivity index (χ1v) is 10.0. The summed E-state index contributed by atoms with van der Waals surface area (Å²) >= 11 is 0. The maximum atomic E-state index is 13.3. The molecule has 1 saturated heterocycles. The molecule has 5 rings (SSSR count). The molecular formula is C22H21F3N4O. The van der Waals surface area contributed by atoms with E-state index in [0.717, 1.165) is 10.9 Å². The van der Waals surface area contributed by atoms with Crippen molar-refractivity contribution in [3.8, 4) is 0 Å². The third-order valence-electron chi connectivity index (χ3n) is 6.34. The average Bonchev–Trinajstić information content (AvgIpc) is 3.20. The Hall–Kier alpha value is -2.87. The number of para-hydroxylation sites is 1. The van der Waals surface area contributed by atoms with Crippen LogP contribution in [0.1, 0.15) is 34.6 Å². The van der Waals surface area contributed by atoms with Crippen LogP contribution in [0.4, 0.5) is 13.2 Å². The van der Waals surface area contributed by atoms with Crippen molar-refractivity contribution in [2.75, 3.05) is 19.6 Å². The van der Waals surface area contributed by atoms with Crippen molar-refractivity contribution >= 4 is 16.8 Å². The van der Waals surface area contributed by atoms with E-state index in [0.29, 0.717) is 50.3 Å². The van der Waals surface area contributed by atoms with Crippen molar-refractivity contribution in [2.24, 2.45) is 0 Å². The van der Waals surface area contributed by atoms with Crippen LogP contribution in [0.2, 0.25) is 0 Å². The molecule has 30 heavy (non-hydrogen) atoms. The Bertz CT molecular complexity index is 1110. The summed E-state index contributed by atoms with van der Waals surface area (Å²) in [6.45, 7) is 1.74. The van der Waals surface area contributed by atoms with Gasteiger partial charge in [0.25, 0.3) is 5.91 Å². The average molecular weight is 414 g/mol. The molecule has 0 atom stereocenters. The second-order valence-corrected chi connectivity index (χ2v) is 7.93. The van der Waals surface area contributed by atoms with Gasteiger partial charge in [-0.1, -0.05) is 18.2 Å². The summed E-state index contributed by atoms with van der Waals surface area (Å²) < 4.78 is 41.4. The molecule has 156 valence electrons. The van der Waals surface area contributed by atoms with Crippen LogP contribution < -0.4 is 5.32 Å². The summed E-state index contributed by atoms with van der Waals surface area (Å²) in [7, 11) is 0. The number of carbonyl (C=O) groups excluding carboxylic acids is 1. The highest BCUT2D eigenvalue weighted by atomic mass is 19.4. The van der Waals surface area contributed by atoms with E-state index >= 15 is 0 Å². The number of pyridine rings is 1. The van der Waals surface area contributed by atoms with Gasteiger partial charge in [0.05, 0.1) is 16.6 Å². The van der Waals surface area contributed by atoms with Crippen LogP contribution in [-0.4, -0.2) is 40.0 Å². The molecule has 1 fully saturated rings. The Labute approximate surface area is 171 Å². The summed E-state index contributed by atoms with van der Waals surface area (Å²) in [5, 5.41) is 4.26. The minimum atomic E-state index is -4.37. The largest absolute Gasteiger partial charge is 0.431 e. The van der Waals surface area contributed by atoms with Crippen molar-refractivity contribution in [1.29, 1.82) is 0 Å². The highest BCUT2D eigenvalue weighted by Gasteiger charge is 2.44. The van der Waals surface area contributed by atoms with Gasteiger partial charge in [0.1, 0.15) is 5.69 Å². The van der Waals surface area contributed by atoms with Crippen LogP contribution in [0, 0.1) is 0 Å². The second-order valence-electron chi connectivity index (χ2n) is 7.93. The maximum absolute atomic E-state index is 13.3. The molecule has 0 radical (unpaired) electrons. The minimum Gasteiger partial charge on any atom is -0.338 e. The lowest BCUT2D eigenvalue weighted by Gasteiger charge is -2.45. The summed E-state index contributed by atoms with van der Waals surface area (Å²) in [5.74, 6) is -0.0642. The monoisotopic (exact) mass is 414 g/mol. The number of fused-ring (bicyclic) bond motifs is 3. The second kappa shape index (κ2) is 6.84. The molecule has 0 saturated carbocycles. The van der Waals surface area contributed by atoms with Crippen molar-refractivity contribution in [3.63, 3.8) is 0 Å². The fraction of sp³-hybridized carbons (Fsp3) is 0.364. The molecule has 4 heterocycles. The van der Waals surface area contributed by atoms with E-state index in [-0.39, 0.29) is 5.91 Å². The number of rotatable bonds is 1. The predicted molar refractivity (Wildman–Crippen MR) is 106 cm³/mol. The van der Waals surface area contributed by atoms with Gasteiger partial charge < -0.3 is 14.8 Å². The normalized spacial score (nSPS) is 18.6. The van der Waals surface area contributed by atoms with Gasteiger partial charge in [0.15, 0.2) is 0 Å². The van der Waals surface area contributed by atoms with Crippen LogP contribution in [-0.2, 0) is 18.3 Å². The molecule has 2 aliphatic rings. The first kappa shape index (κ1) is 19.1. The SMILES string of the molecule is O=C(c1ccnc2ccccc12)N1CCC2(CC1)NCCn1c(C(F)(F)F)ccc12. The molecule has 1 amide bonds. The summed E-state index contributed by atoms with van der Waals surface area (Å²) in [4.78, 5) is 19.3. The van der Waals surface area contributed by atoms with E-state index in [4.69, 9.17) is 0 Å². The van der Waals surface area contributed by atoms with Gasteiger partial charge in [0, 0.05) is 43.5 Å². The van der Waals surface area contributed by atoms with Crippen LogP contribution in [0.5, 0.6) is 0 Å². The van der Waals surface area contributed by atoms with Crippen molar-refractivity contribution in [1.82, 2.24) is 19.8 Å². The number of carbonyl (C=O) groups is 1. The van der Waals surface area contributed by atoms with Gasteiger partial charge in [-0.3, -0.25) is 9.78 Å². The number of nitrogens with one attached hydrogen (secondary N) is 1. The predicted octanol–water partition coefficient (Wildman–Crippen LogP) is 3.79. The van der Waals surface area contributed by atoms with Gasteiger partial charge >= 0.3 is 6.18 Å². The smallest absolute Gasteiger partial charge is 0.338 e. The molecule has 1 aromatic carbocycles. The zero-order valence-electron chi connectivity index (χ0n) is 16.2. The summed E-state index contributed by atoms with van der Waals surface area (Å²) in [5.41, 5.74) is 0.917. The third-order valence-corrected chi connectivity index (χ3v) is 6.34. The van der Waals surface area contributed by atoms with Crippen molar-refractivity contribution in [2.45, 2.75) is 31.1 Å². The summed E-state index contributed by atoms with van der Waals surface area (Å²) in [6.07, 6.45) is -1.59. The zero-order chi connectivity index (χ0) is 20.9. The van der Waals surface area contributed by atoms with Crippen LogP contribution in [0.25, 0.3) is 10.9 Å². The molecule has 3 aromatic rings. The summed E-state index contributed by atoms with van der Waals surface area (Å²) in [6, 6.07) is 12.0. The number of aromatic nitrogens is 2. The Kier molecular flexibility index (Phi) is 4.36. The molecule has 1 spiro atoms. The van der Waals surface area contributed by atoms with Crippen LogP contribution >= 0.6 is 0 Å². The van der Waals surface area contributed by atoms with Gasteiger partial charge in [-0.15, -0.1) is 0 Å². The fourth-order valence-electron chi connectivity index (χ4n) is 4.85. The van der Waals surface area contributed by atoms with E-state index in [2.05, 4.69) is 10.3 Å². The number of hydrogen-bond acceptors (Lipinski definition) is 3. The number of hydrogen-bond donors (Lipinski definition) is 1. The number of alkyl halides is 3. The lowest BCUT2D eigenvalue weighted by Crippen LogP contribution is -2.56. The minimum absolute atomic E-state index is 0.0642. The highest BCUT2D eigenvalue weighted by Crippen LogP contribution is 2.40. The first-order chi connectivity index (χ1) is 14.4. The van der Waals surface area contributed by atoms with E-state index < -0.39 is 17.4 Å². The number of amides is 1. The molecule has 1 N–H and O–H groups in total. The Morgan fingerprint density at radius 3 is 2.57 bits per heavy atom. The first-order valence-electron chi connectivity index (χ1n) is 10.0. The van der Waals surface area contributed by atoms with Gasteiger partial charge in [-0.05, 0) is 37.1 Å². The van der Waals surface area contributed by atoms with Crippen LogP contribution in [0.15, 0.2) is 48.7 Å². The number of piperidine rings is 1.